The first-order valence-electron chi connectivity index (χ1n) is 8.19. The van der Waals surface area contributed by atoms with E-state index in [0.29, 0.717) is 34.9 Å². The van der Waals surface area contributed by atoms with Crippen LogP contribution in [0, 0.1) is 11.3 Å². The van der Waals surface area contributed by atoms with Crippen LogP contribution in [0.5, 0.6) is 0 Å². The Morgan fingerprint density at radius 1 is 1.15 bits per heavy atom. The third-order valence-corrected chi connectivity index (χ3v) is 3.52. The minimum atomic E-state index is -0.371. The zero-order valence-electron chi connectivity index (χ0n) is 14.5. The molecule has 0 spiro atoms. The van der Waals surface area contributed by atoms with E-state index in [9.17, 15) is 4.79 Å². The van der Waals surface area contributed by atoms with Crippen molar-refractivity contribution in [2.75, 3.05) is 17.2 Å². The summed E-state index contributed by atoms with van der Waals surface area (Å²) in [5.74, 6) is 0.348. The Labute approximate surface area is 155 Å². The van der Waals surface area contributed by atoms with Gasteiger partial charge < -0.3 is 15.4 Å². The lowest BCUT2D eigenvalue weighted by Gasteiger charge is -2.09. The highest BCUT2D eigenvalue weighted by atomic mass is 16.5. The maximum absolute atomic E-state index is 11.7. The van der Waals surface area contributed by atoms with Crippen LogP contribution in [0.15, 0.2) is 54.7 Å². The molecule has 0 saturated carbocycles. The Morgan fingerprint density at radius 2 is 1.93 bits per heavy atom. The molecule has 3 aromatic rings. The number of ether oxygens (including phenoxy) is 1. The molecule has 0 aliphatic carbocycles. The number of aromatic nitrogens is 3. The number of carbonyl (C=O) groups excluding carboxylic acids is 1. The summed E-state index contributed by atoms with van der Waals surface area (Å²) in [5.41, 5.74) is 2.29. The first-order valence-corrected chi connectivity index (χ1v) is 8.19. The van der Waals surface area contributed by atoms with Crippen molar-refractivity contribution in [3.8, 4) is 6.07 Å². The molecule has 8 heteroatoms. The number of esters is 1. The fraction of sp³-hybridized carbons (Fsp3) is 0.105. The molecular weight excluding hydrogens is 344 g/mol. The molecule has 0 amide bonds. The molecule has 0 saturated heterocycles. The summed E-state index contributed by atoms with van der Waals surface area (Å²) in [4.78, 5) is 16.0. The summed E-state index contributed by atoms with van der Waals surface area (Å²) in [5, 5.41) is 23.1. The van der Waals surface area contributed by atoms with E-state index in [1.165, 1.54) is 6.20 Å². The largest absolute Gasteiger partial charge is 0.462 e. The Kier molecular flexibility index (Phi) is 5.54. The lowest BCUT2D eigenvalue weighted by molar-refractivity contribution is 0.0526. The number of nitrogens with one attached hydrogen (secondary N) is 2. The van der Waals surface area contributed by atoms with Crippen LogP contribution in [0.1, 0.15) is 22.8 Å². The number of rotatable bonds is 6. The van der Waals surface area contributed by atoms with Crippen molar-refractivity contribution in [1.82, 2.24) is 15.2 Å². The number of hydrogen-bond donors (Lipinski definition) is 2. The Balaban J connectivity index is 1.72. The van der Waals surface area contributed by atoms with Gasteiger partial charge in [-0.1, -0.05) is 12.1 Å². The van der Waals surface area contributed by atoms with Crippen LogP contribution in [0.2, 0.25) is 0 Å². The van der Waals surface area contributed by atoms with Gasteiger partial charge in [0.2, 0.25) is 5.95 Å². The number of nitriles is 1. The molecule has 0 aliphatic rings. The van der Waals surface area contributed by atoms with E-state index in [1.807, 2.05) is 6.07 Å². The molecule has 8 nitrogen and oxygen atoms in total. The second kappa shape index (κ2) is 8.40. The summed E-state index contributed by atoms with van der Waals surface area (Å²) in [6, 6.07) is 16.0. The van der Waals surface area contributed by atoms with Crippen molar-refractivity contribution < 1.29 is 9.53 Å². The van der Waals surface area contributed by atoms with Gasteiger partial charge in [-0.05, 0) is 43.3 Å². The van der Waals surface area contributed by atoms with Crippen molar-refractivity contribution in [2.24, 2.45) is 0 Å². The van der Waals surface area contributed by atoms with Crippen molar-refractivity contribution >= 4 is 29.1 Å². The SMILES string of the molecule is CCOC(=O)c1ccc(Nc2nncc(Nc3ccccc3C#N)n2)cc1. The van der Waals surface area contributed by atoms with Gasteiger partial charge >= 0.3 is 5.97 Å². The van der Waals surface area contributed by atoms with Crippen LogP contribution < -0.4 is 10.6 Å². The molecule has 0 bridgehead atoms. The van der Waals surface area contributed by atoms with E-state index >= 15 is 0 Å². The van der Waals surface area contributed by atoms with Crippen molar-refractivity contribution in [2.45, 2.75) is 6.92 Å². The average Bonchev–Trinajstić information content (AvgIpc) is 2.69. The Bertz CT molecular complexity index is 982. The molecule has 0 aliphatic heterocycles. The molecule has 3 rings (SSSR count). The Hall–Kier alpha value is -3.99. The molecule has 1 aromatic heterocycles. The molecule has 2 aromatic carbocycles. The second-order valence-electron chi connectivity index (χ2n) is 5.37. The van der Waals surface area contributed by atoms with Crippen LogP contribution in [0.4, 0.5) is 23.1 Å². The summed E-state index contributed by atoms with van der Waals surface area (Å²) in [6.45, 7) is 2.08. The number of benzene rings is 2. The van der Waals surface area contributed by atoms with Crippen LogP contribution in [-0.4, -0.2) is 27.8 Å². The monoisotopic (exact) mass is 360 g/mol. The zero-order valence-corrected chi connectivity index (χ0v) is 14.5. The lowest BCUT2D eigenvalue weighted by atomic mass is 10.2. The number of anilines is 4. The maximum Gasteiger partial charge on any atom is 0.338 e. The number of carbonyl (C=O) groups is 1. The van der Waals surface area contributed by atoms with Crippen LogP contribution >= 0.6 is 0 Å². The third-order valence-electron chi connectivity index (χ3n) is 3.52. The van der Waals surface area contributed by atoms with Gasteiger partial charge in [0.1, 0.15) is 6.07 Å². The normalized spacial score (nSPS) is 9.93. The average molecular weight is 360 g/mol. The summed E-state index contributed by atoms with van der Waals surface area (Å²) in [6.07, 6.45) is 1.46. The molecule has 0 atom stereocenters. The first kappa shape index (κ1) is 17.8. The molecule has 0 unspecified atom stereocenters. The fourth-order valence-electron chi connectivity index (χ4n) is 2.28. The zero-order chi connectivity index (χ0) is 19.1. The van der Waals surface area contributed by atoms with E-state index in [4.69, 9.17) is 10.00 Å². The Morgan fingerprint density at radius 3 is 2.67 bits per heavy atom. The van der Waals surface area contributed by atoms with Gasteiger partial charge in [-0.2, -0.15) is 15.3 Å². The number of para-hydroxylation sites is 1. The predicted octanol–water partition coefficient (Wildman–Crippen LogP) is 3.41. The number of nitrogens with zero attached hydrogens (tertiary/aromatic N) is 4. The quantitative estimate of drug-likeness (QED) is 0.643. The van der Waals surface area contributed by atoms with Crippen LogP contribution in [0.3, 0.4) is 0 Å². The van der Waals surface area contributed by atoms with Crippen molar-refractivity contribution in [3.05, 3.63) is 65.9 Å². The van der Waals surface area contributed by atoms with Gasteiger partial charge in [0.15, 0.2) is 5.82 Å². The van der Waals surface area contributed by atoms with E-state index in [1.54, 1.807) is 49.4 Å². The van der Waals surface area contributed by atoms with Crippen molar-refractivity contribution in [1.29, 1.82) is 5.26 Å². The van der Waals surface area contributed by atoms with Gasteiger partial charge in [-0.3, -0.25) is 0 Å². The summed E-state index contributed by atoms with van der Waals surface area (Å²) < 4.78 is 4.95. The van der Waals surface area contributed by atoms with Crippen LogP contribution in [-0.2, 0) is 4.74 Å². The van der Waals surface area contributed by atoms with Gasteiger partial charge in [0.25, 0.3) is 0 Å². The van der Waals surface area contributed by atoms with E-state index < -0.39 is 0 Å². The smallest absolute Gasteiger partial charge is 0.338 e. The van der Waals surface area contributed by atoms with Gasteiger partial charge in [-0.25, -0.2) is 4.79 Å². The minimum absolute atomic E-state index is 0.276. The fourth-order valence-corrected chi connectivity index (χ4v) is 2.28. The second-order valence-corrected chi connectivity index (χ2v) is 5.37. The highest BCUT2D eigenvalue weighted by Gasteiger charge is 2.07. The maximum atomic E-state index is 11.7. The molecule has 0 fully saturated rings. The molecule has 134 valence electrons. The van der Waals surface area contributed by atoms with Gasteiger partial charge in [0, 0.05) is 5.69 Å². The van der Waals surface area contributed by atoms with E-state index in [2.05, 4.69) is 31.9 Å². The van der Waals surface area contributed by atoms with E-state index in [-0.39, 0.29) is 11.9 Å². The minimum Gasteiger partial charge on any atom is -0.462 e. The molecule has 2 N–H and O–H groups in total. The standard InChI is InChI=1S/C19H16N6O2/c1-2-27-18(26)13-7-9-15(10-8-13)22-19-24-17(12-21-25-19)23-16-6-4-3-5-14(16)11-20/h3-10,12H,2H2,1H3,(H2,22,23,24,25). The van der Waals surface area contributed by atoms with Gasteiger partial charge in [-0.15, -0.1) is 5.10 Å². The van der Waals surface area contributed by atoms with E-state index in [0.717, 1.165) is 0 Å². The summed E-state index contributed by atoms with van der Waals surface area (Å²) >= 11 is 0. The predicted molar refractivity (Wildman–Crippen MR) is 99.9 cm³/mol. The lowest BCUT2D eigenvalue weighted by Crippen LogP contribution is -2.05. The first-order chi connectivity index (χ1) is 13.2. The van der Waals surface area contributed by atoms with Gasteiger partial charge in [0.05, 0.1) is 29.6 Å². The highest BCUT2D eigenvalue weighted by molar-refractivity contribution is 5.89. The molecule has 1 heterocycles. The van der Waals surface area contributed by atoms with Crippen molar-refractivity contribution in [3.63, 3.8) is 0 Å². The molecule has 0 radical (unpaired) electrons. The molecular formula is C19H16N6O2. The number of hydrogen-bond acceptors (Lipinski definition) is 8. The highest BCUT2D eigenvalue weighted by Crippen LogP contribution is 2.20. The molecule has 27 heavy (non-hydrogen) atoms. The third kappa shape index (κ3) is 4.55. The summed E-state index contributed by atoms with van der Waals surface area (Å²) in [7, 11) is 0. The van der Waals surface area contributed by atoms with Crippen LogP contribution in [0.25, 0.3) is 0 Å². The topological polar surface area (TPSA) is 113 Å².